The third-order valence-electron chi connectivity index (χ3n) is 1.46. The zero-order chi connectivity index (χ0) is 14.4. The van der Waals surface area contributed by atoms with Crippen LogP contribution in [-0.4, -0.2) is 18.2 Å². The van der Waals surface area contributed by atoms with Gasteiger partial charge in [-0.2, -0.15) is 0 Å². The Morgan fingerprint density at radius 3 is 0.941 bits per heavy atom. The largest absolute Gasteiger partial charge is 0.231 e. The van der Waals surface area contributed by atoms with Crippen molar-refractivity contribution in [3.63, 3.8) is 0 Å². The summed E-state index contributed by atoms with van der Waals surface area (Å²) in [6.07, 6.45) is 10.7. The molecule has 0 bridgehead atoms. The second kappa shape index (κ2) is 47.9. The van der Waals surface area contributed by atoms with Crippen LogP contribution in [0.2, 0.25) is 0 Å². The molecule has 0 rings (SSSR count). The van der Waals surface area contributed by atoms with Crippen LogP contribution in [0.5, 0.6) is 0 Å². The Bertz CT molecular complexity index is 177. The topological polar surface area (TPSA) is 123 Å². The first-order valence-corrected chi connectivity index (χ1v) is 5.28. The van der Waals surface area contributed by atoms with Gasteiger partial charge in [0.05, 0.1) is 0 Å². The predicted octanol–water partition coefficient (Wildman–Crippen LogP) is 3.07. The van der Waals surface area contributed by atoms with Gasteiger partial charge in [-0.3, -0.25) is 0 Å². The van der Waals surface area contributed by atoms with Crippen molar-refractivity contribution in [1.29, 1.82) is 16.2 Å². The van der Waals surface area contributed by atoms with Crippen molar-refractivity contribution in [3.8, 4) is 0 Å². The van der Waals surface area contributed by atoms with Crippen molar-refractivity contribution < 1.29 is 14.4 Å². The molecular formula is C11H21N3O3. The molecule has 0 atom stereocenters. The van der Waals surface area contributed by atoms with E-state index in [9.17, 15) is 0 Å². The van der Waals surface area contributed by atoms with Gasteiger partial charge in [-0.15, -0.1) is 0 Å². The predicted molar refractivity (Wildman–Crippen MR) is 64.3 cm³/mol. The molecule has 0 aliphatic heterocycles. The number of carbonyl (C=O) groups excluding carboxylic acids is 3. The second-order valence-electron chi connectivity index (χ2n) is 2.72. The van der Waals surface area contributed by atoms with Crippen molar-refractivity contribution in [1.82, 2.24) is 0 Å². The van der Waals surface area contributed by atoms with Gasteiger partial charge in [0.15, 0.2) is 0 Å². The molecule has 0 aliphatic carbocycles. The van der Waals surface area contributed by atoms with Crippen LogP contribution in [0.4, 0.5) is 0 Å². The summed E-state index contributed by atoms with van der Waals surface area (Å²) in [7, 11) is 0. The van der Waals surface area contributed by atoms with Gasteiger partial charge < -0.3 is 0 Å². The van der Waals surface area contributed by atoms with E-state index in [2.05, 4.69) is 13.8 Å². The second-order valence-corrected chi connectivity index (χ2v) is 2.72. The Balaban J connectivity index is -0.0000000784. The normalized spacial score (nSPS) is 6.00. The number of isocyanates is 3. The molecule has 0 radical (unpaired) electrons. The Labute approximate surface area is 102 Å². The Morgan fingerprint density at radius 1 is 0.647 bits per heavy atom. The third kappa shape index (κ3) is 211. The van der Waals surface area contributed by atoms with Crippen LogP contribution in [0.1, 0.15) is 52.4 Å². The lowest BCUT2D eigenvalue weighted by molar-refractivity contribution is 0.562. The van der Waals surface area contributed by atoms with Crippen LogP contribution in [0, 0.1) is 16.2 Å². The lowest BCUT2D eigenvalue weighted by Crippen LogP contribution is -1.73. The highest BCUT2D eigenvalue weighted by atomic mass is 16.1. The van der Waals surface area contributed by atoms with E-state index in [1.165, 1.54) is 38.5 Å². The average molecular weight is 243 g/mol. The molecule has 0 amide bonds. The molecule has 0 fully saturated rings. The summed E-state index contributed by atoms with van der Waals surface area (Å²) in [5, 5.41) is 16.2. The fourth-order valence-electron chi connectivity index (χ4n) is 0.854. The SMILES string of the molecule is CCCCCCCC.N=C=O.N=C=O.N=C=O. The zero-order valence-corrected chi connectivity index (χ0v) is 10.5. The van der Waals surface area contributed by atoms with Crippen molar-refractivity contribution in [2.75, 3.05) is 0 Å². The maximum absolute atomic E-state index is 8.35. The maximum atomic E-state index is 8.35. The van der Waals surface area contributed by atoms with E-state index < -0.39 is 0 Å². The van der Waals surface area contributed by atoms with Gasteiger partial charge in [0.1, 0.15) is 0 Å². The molecule has 0 aromatic rings. The van der Waals surface area contributed by atoms with Crippen LogP contribution < -0.4 is 0 Å². The summed E-state index contributed by atoms with van der Waals surface area (Å²) in [6.45, 7) is 4.51. The first kappa shape index (κ1) is 24.4. The highest BCUT2D eigenvalue weighted by molar-refractivity contribution is 5.26. The van der Waals surface area contributed by atoms with E-state index in [1.54, 1.807) is 0 Å². The third-order valence-corrected chi connectivity index (χ3v) is 1.46. The molecule has 0 aromatic heterocycles. The Hall–Kier alpha value is -1.86. The monoisotopic (exact) mass is 243 g/mol. The summed E-state index contributed by atoms with van der Waals surface area (Å²) in [5.74, 6) is 0. The highest BCUT2D eigenvalue weighted by Gasteiger charge is 1.83. The number of unbranched alkanes of at least 4 members (excludes halogenated alkanes) is 5. The van der Waals surface area contributed by atoms with E-state index in [0.717, 1.165) is 18.2 Å². The number of nitrogens with one attached hydrogen (secondary N) is 3. The van der Waals surface area contributed by atoms with Crippen molar-refractivity contribution in [3.05, 3.63) is 0 Å². The van der Waals surface area contributed by atoms with Gasteiger partial charge in [0, 0.05) is 0 Å². The van der Waals surface area contributed by atoms with Crippen LogP contribution >= 0.6 is 0 Å². The molecule has 0 aromatic carbocycles. The number of hydrogen-bond donors (Lipinski definition) is 3. The van der Waals surface area contributed by atoms with Gasteiger partial charge in [0.2, 0.25) is 18.2 Å². The summed E-state index contributed by atoms with van der Waals surface area (Å²) >= 11 is 0. The van der Waals surface area contributed by atoms with Crippen molar-refractivity contribution in [2.45, 2.75) is 52.4 Å². The van der Waals surface area contributed by atoms with Crippen LogP contribution in [0.3, 0.4) is 0 Å². The number of rotatable bonds is 5. The van der Waals surface area contributed by atoms with Crippen molar-refractivity contribution >= 4 is 18.2 Å². The van der Waals surface area contributed by atoms with Crippen LogP contribution in [-0.2, 0) is 14.4 Å². The molecule has 6 heteroatoms. The maximum Gasteiger partial charge on any atom is 0.231 e. The molecule has 0 saturated carbocycles. The molecule has 6 nitrogen and oxygen atoms in total. The van der Waals surface area contributed by atoms with Gasteiger partial charge >= 0.3 is 0 Å². The van der Waals surface area contributed by atoms with E-state index >= 15 is 0 Å². The fraction of sp³-hybridized carbons (Fsp3) is 0.727. The average Bonchev–Trinajstić information content (AvgIpc) is 2.28. The first-order chi connectivity index (χ1) is 8.16. The molecule has 0 saturated heterocycles. The fourth-order valence-corrected chi connectivity index (χ4v) is 0.854. The van der Waals surface area contributed by atoms with Crippen molar-refractivity contribution in [2.24, 2.45) is 0 Å². The summed E-state index contributed by atoms with van der Waals surface area (Å²) in [5.41, 5.74) is 0. The summed E-state index contributed by atoms with van der Waals surface area (Å²) < 4.78 is 0. The minimum Gasteiger partial charge on any atom is -0.222 e. The summed E-state index contributed by atoms with van der Waals surface area (Å²) in [4.78, 5) is 25.0. The van der Waals surface area contributed by atoms with E-state index in [-0.39, 0.29) is 0 Å². The molecule has 0 unspecified atom stereocenters. The van der Waals surface area contributed by atoms with Gasteiger partial charge in [-0.1, -0.05) is 52.4 Å². The van der Waals surface area contributed by atoms with Gasteiger partial charge in [-0.05, 0) is 0 Å². The highest BCUT2D eigenvalue weighted by Crippen LogP contribution is 2.03. The number of hydrogen-bond acceptors (Lipinski definition) is 6. The standard InChI is InChI=1S/C8H18.3CHNO/c1-3-5-7-8-6-4-2;3*2-1-3/h3-8H2,1-2H3;3*2H. The lowest BCUT2D eigenvalue weighted by Gasteiger charge is -1.93. The van der Waals surface area contributed by atoms with E-state index in [4.69, 9.17) is 30.6 Å². The molecule has 0 heterocycles. The van der Waals surface area contributed by atoms with Crippen LogP contribution in [0.15, 0.2) is 0 Å². The molecule has 0 aliphatic rings. The van der Waals surface area contributed by atoms with Gasteiger partial charge in [0.25, 0.3) is 0 Å². The minimum absolute atomic E-state index is 0.750. The smallest absolute Gasteiger partial charge is 0.222 e. The first-order valence-electron chi connectivity index (χ1n) is 5.28. The minimum atomic E-state index is 0.750. The summed E-state index contributed by atoms with van der Waals surface area (Å²) in [6, 6.07) is 0. The zero-order valence-electron chi connectivity index (χ0n) is 10.5. The van der Waals surface area contributed by atoms with E-state index in [0.29, 0.717) is 0 Å². The molecule has 3 N–H and O–H groups in total. The molecule has 17 heavy (non-hydrogen) atoms. The Kier molecular flexibility index (Phi) is 68.7. The quantitative estimate of drug-likeness (QED) is 0.390. The lowest BCUT2D eigenvalue weighted by atomic mass is 10.1. The molecule has 0 spiro atoms. The molecular weight excluding hydrogens is 222 g/mol. The van der Waals surface area contributed by atoms with E-state index in [1.807, 2.05) is 0 Å². The van der Waals surface area contributed by atoms with Crippen LogP contribution in [0.25, 0.3) is 0 Å². The van der Waals surface area contributed by atoms with Gasteiger partial charge in [-0.25, -0.2) is 30.6 Å². The Morgan fingerprint density at radius 2 is 0.824 bits per heavy atom. The molecule has 98 valence electrons.